The quantitative estimate of drug-likeness (QED) is 0.725. The Morgan fingerprint density at radius 3 is 2.75 bits per heavy atom. The van der Waals surface area contributed by atoms with Crippen LogP contribution in [-0.2, 0) is 6.54 Å². The third kappa shape index (κ3) is 5.32. The van der Waals surface area contributed by atoms with Gasteiger partial charge in [0.05, 0.1) is 12.7 Å². The zero-order valence-electron chi connectivity index (χ0n) is 13.6. The zero-order chi connectivity index (χ0) is 17.4. The minimum absolute atomic E-state index is 0.111. The van der Waals surface area contributed by atoms with E-state index in [1.807, 2.05) is 31.2 Å². The van der Waals surface area contributed by atoms with Crippen molar-refractivity contribution in [1.82, 2.24) is 5.32 Å². The van der Waals surface area contributed by atoms with Gasteiger partial charge in [0.25, 0.3) is 0 Å². The Bertz CT molecular complexity index is 713. The van der Waals surface area contributed by atoms with E-state index < -0.39 is 11.6 Å². The van der Waals surface area contributed by atoms with E-state index in [1.165, 1.54) is 6.07 Å². The van der Waals surface area contributed by atoms with Crippen molar-refractivity contribution < 1.29 is 13.5 Å². The molecular formula is C19H20F2N2O. The maximum absolute atomic E-state index is 13.3. The van der Waals surface area contributed by atoms with Crippen LogP contribution in [0.5, 0.6) is 5.75 Å². The van der Waals surface area contributed by atoms with Crippen LogP contribution in [0.4, 0.5) is 8.78 Å². The first kappa shape index (κ1) is 17.9. The highest BCUT2D eigenvalue weighted by Crippen LogP contribution is 2.18. The predicted octanol–water partition coefficient (Wildman–Crippen LogP) is 4.50. The highest BCUT2D eigenvalue weighted by atomic mass is 19.2. The minimum atomic E-state index is -0.841. The molecule has 0 aliphatic carbocycles. The monoisotopic (exact) mass is 330 g/mol. The summed E-state index contributed by atoms with van der Waals surface area (Å²) < 4.78 is 31.9. The van der Waals surface area contributed by atoms with Gasteiger partial charge in [0.1, 0.15) is 5.75 Å². The topological polar surface area (TPSA) is 45.0 Å². The third-order valence-electron chi connectivity index (χ3n) is 3.66. The standard InChI is InChI=1S/C19H20F2N2O/c1-14(16-7-8-18(20)19(21)12-16)23-13-15-5-4-6-17(11-15)24-10-3-2-9-22/h4-8,11-12,14,23H,2-3,10,13H2,1H3. The molecule has 0 radical (unpaired) electrons. The number of rotatable bonds is 8. The van der Waals surface area contributed by atoms with Gasteiger partial charge in [-0.3, -0.25) is 0 Å². The predicted molar refractivity (Wildman–Crippen MR) is 88.4 cm³/mol. The van der Waals surface area contributed by atoms with Gasteiger partial charge in [-0.05, 0) is 48.7 Å². The number of ether oxygens (including phenoxy) is 1. The molecule has 3 nitrogen and oxygen atoms in total. The van der Waals surface area contributed by atoms with E-state index in [2.05, 4.69) is 11.4 Å². The molecule has 1 atom stereocenters. The Morgan fingerprint density at radius 1 is 1.17 bits per heavy atom. The normalized spacial score (nSPS) is 11.8. The molecule has 0 aliphatic rings. The maximum Gasteiger partial charge on any atom is 0.159 e. The second kappa shape index (κ2) is 8.99. The summed E-state index contributed by atoms with van der Waals surface area (Å²) in [6.45, 7) is 2.99. The largest absolute Gasteiger partial charge is 0.494 e. The molecule has 2 rings (SSSR count). The highest BCUT2D eigenvalue weighted by molar-refractivity contribution is 5.29. The smallest absolute Gasteiger partial charge is 0.159 e. The van der Waals surface area contributed by atoms with Crippen molar-refractivity contribution in [3.05, 3.63) is 65.2 Å². The summed E-state index contributed by atoms with van der Waals surface area (Å²) in [6.07, 6.45) is 1.18. The molecule has 0 fully saturated rings. The van der Waals surface area contributed by atoms with E-state index in [-0.39, 0.29) is 6.04 Å². The lowest BCUT2D eigenvalue weighted by atomic mass is 10.1. The molecule has 0 amide bonds. The van der Waals surface area contributed by atoms with Crippen LogP contribution in [0.25, 0.3) is 0 Å². The molecule has 2 aromatic carbocycles. The fourth-order valence-electron chi connectivity index (χ4n) is 2.26. The highest BCUT2D eigenvalue weighted by Gasteiger charge is 2.09. The fraction of sp³-hybridized carbons (Fsp3) is 0.316. The molecule has 126 valence electrons. The van der Waals surface area contributed by atoms with Crippen LogP contribution in [0.3, 0.4) is 0 Å². The average Bonchev–Trinajstić information content (AvgIpc) is 2.59. The summed E-state index contributed by atoms with van der Waals surface area (Å²) in [7, 11) is 0. The summed E-state index contributed by atoms with van der Waals surface area (Å²) in [5.41, 5.74) is 1.72. The lowest BCUT2D eigenvalue weighted by Gasteiger charge is -2.15. The van der Waals surface area contributed by atoms with E-state index in [9.17, 15) is 8.78 Å². The molecule has 1 unspecified atom stereocenters. The van der Waals surface area contributed by atoms with Crippen LogP contribution in [0.1, 0.15) is 36.9 Å². The number of unbranched alkanes of at least 4 members (excludes halogenated alkanes) is 1. The summed E-state index contributed by atoms with van der Waals surface area (Å²) in [6, 6.07) is 13.6. The van der Waals surface area contributed by atoms with E-state index >= 15 is 0 Å². The van der Waals surface area contributed by atoms with Crippen LogP contribution in [0.2, 0.25) is 0 Å². The lowest BCUT2D eigenvalue weighted by Crippen LogP contribution is -2.18. The first-order valence-corrected chi connectivity index (χ1v) is 7.87. The Morgan fingerprint density at radius 2 is 2.00 bits per heavy atom. The Balaban J connectivity index is 1.89. The summed E-state index contributed by atoms with van der Waals surface area (Å²) >= 11 is 0. The maximum atomic E-state index is 13.3. The first-order chi connectivity index (χ1) is 11.6. The van der Waals surface area contributed by atoms with Crippen molar-refractivity contribution in [3.63, 3.8) is 0 Å². The summed E-state index contributed by atoms with van der Waals surface area (Å²) in [4.78, 5) is 0. The van der Waals surface area contributed by atoms with Gasteiger partial charge in [-0.15, -0.1) is 0 Å². The number of nitriles is 1. The van der Waals surface area contributed by atoms with Gasteiger partial charge in [0.15, 0.2) is 11.6 Å². The number of hydrogen-bond donors (Lipinski definition) is 1. The first-order valence-electron chi connectivity index (χ1n) is 7.87. The second-order valence-electron chi connectivity index (χ2n) is 5.53. The van der Waals surface area contributed by atoms with Crippen molar-refractivity contribution in [2.75, 3.05) is 6.61 Å². The Labute approximate surface area is 140 Å². The minimum Gasteiger partial charge on any atom is -0.494 e. The molecule has 0 aliphatic heterocycles. The average molecular weight is 330 g/mol. The van der Waals surface area contributed by atoms with Crippen molar-refractivity contribution >= 4 is 0 Å². The second-order valence-corrected chi connectivity index (χ2v) is 5.53. The van der Waals surface area contributed by atoms with Gasteiger partial charge in [-0.25, -0.2) is 8.78 Å². The van der Waals surface area contributed by atoms with Crippen molar-refractivity contribution in [2.24, 2.45) is 0 Å². The van der Waals surface area contributed by atoms with Crippen LogP contribution in [-0.4, -0.2) is 6.61 Å². The Kier molecular flexibility index (Phi) is 6.71. The molecule has 5 heteroatoms. The van der Waals surface area contributed by atoms with Crippen LogP contribution in [0.15, 0.2) is 42.5 Å². The molecule has 0 saturated carbocycles. The number of nitrogens with one attached hydrogen (secondary N) is 1. The molecule has 24 heavy (non-hydrogen) atoms. The number of hydrogen-bond acceptors (Lipinski definition) is 3. The van der Waals surface area contributed by atoms with E-state index in [0.29, 0.717) is 31.6 Å². The molecule has 2 aromatic rings. The molecular weight excluding hydrogens is 310 g/mol. The Hall–Kier alpha value is -2.45. The molecule has 0 aromatic heterocycles. The number of benzene rings is 2. The van der Waals surface area contributed by atoms with Gasteiger partial charge in [0, 0.05) is 19.0 Å². The van der Waals surface area contributed by atoms with Crippen LogP contribution < -0.4 is 10.1 Å². The van der Waals surface area contributed by atoms with Gasteiger partial charge < -0.3 is 10.1 Å². The third-order valence-corrected chi connectivity index (χ3v) is 3.66. The molecule has 1 N–H and O–H groups in total. The van der Waals surface area contributed by atoms with Crippen LogP contribution >= 0.6 is 0 Å². The van der Waals surface area contributed by atoms with Gasteiger partial charge >= 0.3 is 0 Å². The van der Waals surface area contributed by atoms with Gasteiger partial charge in [-0.2, -0.15) is 5.26 Å². The van der Waals surface area contributed by atoms with E-state index in [0.717, 1.165) is 17.4 Å². The van der Waals surface area contributed by atoms with E-state index in [4.69, 9.17) is 10.00 Å². The SMILES string of the molecule is CC(NCc1cccc(OCCCC#N)c1)c1ccc(F)c(F)c1. The van der Waals surface area contributed by atoms with Crippen molar-refractivity contribution in [3.8, 4) is 11.8 Å². The molecule has 0 bridgehead atoms. The fourth-order valence-corrected chi connectivity index (χ4v) is 2.26. The van der Waals surface area contributed by atoms with E-state index in [1.54, 1.807) is 6.07 Å². The molecule has 0 saturated heterocycles. The van der Waals surface area contributed by atoms with Crippen LogP contribution in [0, 0.1) is 23.0 Å². The molecule has 0 heterocycles. The number of halogens is 2. The van der Waals surface area contributed by atoms with Gasteiger partial charge in [0.2, 0.25) is 0 Å². The van der Waals surface area contributed by atoms with Gasteiger partial charge in [-0.1, -0.05) is 18.2 Å². The molecule has 0 spiro atoms. The van der Waals surface area contributed by atoms with Crippen molar-refractivity contribution in [2.45, 2.75) is 32.4 Å². The zero-order valence-corrected chi connectivity index (χ0v) is 13.6. The van der Waals surface area contributed by atoms with Crippen molar-refractivity contribution in [1.29, 1.82) is 5.26 Å². The lowest BCUT2D eigenvalue weighted by molar-refractivity contribution is 0.312. The summed E-state index contributed by atoms with van der Waals surface area (Å²) in [5, 5.41) is 11.8. The number of nitrogens with zero attached hydrogens (tertiary/aromatic N) is 1. The summed E-state index contributed by atoms with van der Waals surface area (Å²) in [5.74, 6) is -0.922.